The number of hydrogen-bond donors (Lipinski definition) is 2. The summed E-state index contributed by atoms with van der Waals surface area (Å²) in [6.07, 6.45) is -0.665. The lowest BCUT2D eigenvalue weighted by atomic mass is 10.0. The van der Waals surface area contributed by atoms with Crippen LogP contribution >= 0.6 is 0 Å². The monoisotopic (exact) mass is 453 g/mol. The van der Waals surface area contributed by atoms with Crippen LogP contribution in [0.25, 0.3) is 28.4 Å². The molecule has 0 radical (unpaired) electrons. The van der Waals surface area contributed by atoms with Gasteiger partial charge in [0.2, 0.25) is 11.8 Å². The standard InChI is InChI=1S/C22H18F3N7O/c1-13-8-11-31(29-13)12-9-16-18(14-4-6-15(7-5-14)22(23,24)25)30-32(20(16)33)21-27-17-3-2-10-26-19(17)28-21/h2-8,10-11,33H,9,12H2,1H3,(H,26,27,28). The Bertz CT molecular complexity index is 1400. The Labute approximate surface area is 185 Å². The normalized spacial score (nSPS) is 12.0. The summed E-state index contributed by atoms with van der Waals surface area (Å²) in [5.41, 5.74) is 2.48. The number of imidazole rings is 1. The van der Waals surface area contributed by atoms with Gasteiger partial charge >= 0.3 is 6.18 Å². The molecule has 0 saturated carbocycles. The third kappa shape index (κ3) is 3.93. The lowest BCUT2D eigenvalue weighted by Crippen LogP contribution is -2.04. The number of hydrogen-bond acceptors (Lipinski definition) is 5. The van der Waals surface area contributed by atoms with Gasteiger partial charge < -0.3 is 10.1 Å². The highest BCUT2D eigenvalue weighted by molar-refractivity contribution is 5.72. The number of nitrogens with one attached hydrogen (secondary N) is 1. The van der Waals surface area contributed by atoms with Gasteiger partial charge in [0.25, 0.3) is 0 Å². The molecule has 0 atom stereocenters. The fourth-order valence-electron chi connectivity index (χ4n) is 3.61. The van der Waals surface area contributed by atoms with Gasteiger partial charge in [-0.2, -0.15) is 28.1 Å². The SMILES string of the molecule is Cc1ccn(CCc2c(-c3ccc(C(F)(F)F)cc3)nn(-c3nc4cccnc4[nH]3)c2O)n1. The second kappa shape index (κ2) is 7.76. The van der Waals surface area contributed by atoms with E-state index in [1.54, 1.807) is 23.0 Å². The van der Waals surface area contributed by atoms with Crippen molar-refractivity contribution >= 4 is 11.2 Å². The summed E-state index contributed by atoms with van der Waals surface area (Å²) in [4.78, 5) is 11.6. The van der Waals surface area contributed by atoms with Crippen LogP contribution in [0, 0.1) is 6.92 Å². The van der Waals surface area contributed by atoms with Gasteiger partial charge in [0.15, 0.2) is 5.65 Å². The van der Waals surface area contributed by atoms with Gasteiger partial charge in [-0.05, 0) is 43.7 Å². The quantitative estimate of drug-likeness (QED) is 0.414. The second-order valence-corrected chi connectivity index (χ2v) is 7.54. The first kappa shape index (κ1) is 20.7. The van der Waals surface area contributed by atoms with Crippen molar-refractivity contribution in [3.05, 3.63) is 71.7 Å². The molecule has 5 rings (SSSR count). The van der Waals surface area contributed by atoms with Gasteiger partial charge in [0, 0.05) is 30.1 Å². The van der Waals surface area contributed by atoms with E-state index in [0.29, 0.717) is 41.0 Å². The Kier molecular flexibility index (Phi) is 4.88. The molecule has 1 aromatic carbocycles. The summed E-state index contributed by atoms with van der Waals surface area (Å²) in [5.74, 6) is 0.0865. The third-order valence-corrected chi connectivity index (χ3v) is 5.25. The van der Waals surface area contributed by atoms with Crippen molar-refractivity contribution in [2.24, 2.45) is 0 Å². The predicted octanol–water partition coefficient (Wildman–Crippen LogP) is 4.28. The number of rotatable bonds is 5. The number of aromatic nitrogens is 7. The molecule has 11 heteroatoms. The highest BCUT2D eigenvalue weighted by Gasteiger charge is 2.30. The molecule has 0 aliphatic carbocycles. The van der Waals surface area contributed by atoms with Crippen molar-refractivity contribution in [1.82, 2.24) is 34.5 Å². The molecular weight excluding hydrogens is 435 g/mol. The fraction of sp³-hybridized carbons (Fsp3) is 0.182. The number of aryl methyl sites for hydroxylation is 2. The van der Waals surface area contributed by atoms with Crippen LogP contribution in [0.4, 0.5) is 13.2 Å². The van der Waals surface area contributed by atoms with Crippen molar-refractivity contribution < 1.29 is 18.3 Å². The number of alkyl halides is 3. The molecule has 168 valence electrons. The van der Waals surface area contributed by atoms with Gasteiger partial charge in [-0.1, -0.05) is 12.1 Å². The molecule has 5 aromatic rings. The average molecular weight is 453 g/mol. The number of aromatic hydroxyl groups is 1. The highest BCUT2D eigenvalue weighted by atomic mass is 19.4. The summed E-state index contributed by atoms with van der Waals surface area (Å²) in [6, 6.07) is 10.0. The zero-order chi connectivity index (χ0) is 23.2. The molecule has 0 saturated heterocycles. The second-order valence-electron chi connectivity index (χ2n) is 7.54. The maximum Gasteiger partial charge on any atom is 0.416 e. The van der Waals surface area contributed by atoms with Crippen LogP contribution in [0.3, 0.4) is 0 Å². The first-order chi connectivity index (χ1) is 15.8. The van der Waals surface area contributed by atoms with Crippen LogP contribution in [-0.4, -0.2) is 39.6 Å². The molecule has 4 heterocycles. The smallest absolute Gasteiger partial charge is 0.416 e. The van der Waals surface area contributed by atoms with E-state index in [1.807, 2.05) is 19.2 Å². The van der Waals surface area contributed by atoms with Gasteiger partial charge in [0.05, 0.1) is 11.3 Å². The van der Waals surface area contributed by atoms with Crippen molar-refractivity contribution in [1.29, 1.82) is 0 Å². The first-order valence-corrected chi connectivity index (χ1v) is 10.1. The van der Waals surface area contributed by atoms with Gasteiger partial charge in [-0.25, -0.2) is 9.97 Å². The number of halogens is 3. The number of benzene rings is 1. The van der Waals surface area contributed by atoms with Crippen LogP contribution in [-0.2, 0) is 19.1 Å². The van der Waals surface area contributed by atoms with Crippen LogP contribution in [0.1, 0.15) is 16.8 Å². The molecule has 0 fully saturated rings. The molecule has 33 heavy (non-hydrogen) atoms. The number of aromatic amines is 1. The molecule has 0 aliphatic rings. The number of nitrogens with zero attached hydrogens (tertiary/aromatic N) is 6. The Morgan fingerprint density at radius 3 is 2.52 bits per heavy atom. The topological polar surface area (TPSA) is 97.4 Å². The summed E-state index contributed by atoms with van der Waals surface area (Å²) < 4.78 is 42.0. The number of fused-ring (bicyclic) bond motifs is 1. The number of pyridine rings is 1. The Hall–Kier alpha value is -4.15. The van der Waals surface area contributed by atoms with E-state index < -0.39 is 11.7 Å². The lowest BCUT2D eigenvalue weighted by Gasteiger charge is -2.08. The van der Waals surface area contributed by atoms with E-state index in [-0.39, 0.29) is 11.8 Å². The van der Waals surface area contributed by atoms with E-state index in [1.165, 1.54) is 16.8 Å². The molecule has 0 bridgehead atoms. The van der Waals surface area contributed by atoms with E-state index >= 15 is 0 Å². The minimum atomic E-state index is -4.44. The van der Waals surface area contributed by atoms with E-state index in [2.05, 4.69) is 25.1 Å². The van der Waals surface area contributed by atoms with E-state index in [0.717, 1.165) is 17.8 Å². The Balaban J connectivity index is 1.58. The van der Waals surface area contributed by atoms with Crippen LogP contribution in [0.15, 0.2) is 54.9 Å². The molecule has 2 N–H and O–H groups in total. The third-order valence-electron chi connectivity index (χ3n) is 5.25. The lowest BCUT2D eigenvalue weighted by molar-refractivity contribution is -0.137. The zero-order valence-corrected chi connectivity index (χ0v) is 17.4. The average Bonchev–Trinajstić information content (AvgIpc) is 3.48. The number of H-pyrrole nitrogens is 1. The summed E-state index contributed by atoms with van der Waals surface area (Å²) in [6.45, 7) is 2.32. The van der Waals surface area contributed by atoms with E-state index in [4.69, 9.17) is 0 Å². The minimum Gasteiger partial charge on any atom is -0.493 e. The molecule has 0 unspecified atom stereocenters. The van der Waals surface area contributed by atoms with Gasteiger partial charge in [0.1, 0.15) is 11.2 Å². The molecule has 8 nitrogen and oxygen atoms in total. The molecule has 4 aromatic heterocycles. The van der Waals surface area contributed by atoms with Crippen LogP contribution in [0.5, 0.6) is 5.88 Å². The zero-order valence-electron chi connectivity index (χ0n) is 17.4. The predicted molar refractivity (Wildman–Crippen MR) is 114 cm³/mol. The first-order valence-electron chi connectivity index (χ1n) is 10.1. The van der Waals surface area contributed by atoms with E-state index in [9.17, 15) is 18.3 Å². The van der Waals surface area contributed by atoms with Gasteiger partial charge in [-0.3, -0.25) is 4.68 Å². The maximum absolute atomic E-state index is 13.0. The molecular formula is C22H18F3N7O. The molecule has 0 spiro atoms. The molecule has 0 amide bonds. The van der Waals surface area contributed by atoms with Crippen LogP contribution in [0.2, 0.25) is 0 Å². The largest absolute Gasteiger partial charge is 0.493 e. The van der Waals surface area contributed by atoms with Crippen LogP contribution < -0.4 is 0 Å². The molecule has 0 aliphatic heterocycles. The highest BCUT2D eigenvalue weighted by Crippen LogP contribution is 2.35. The summed E-state index contributed by atoms with van der Waals surface area (Å²) in [5, 5.41) is 19.9. The van der Waals surface area contributed by atoms with Gasteiger partial charge in [-0.15, -0.1) is 0 Å². The van der Waals surface area contributed by atoms with Crippen molar-refractivity contribution in [3.8, 4) is 23.1 Å². The fourth-order valence-corrected chi connectivity index (χ4v) is 3.61. The minimum absolute atomic E-state index is 0.159. The van der Waals surface area contributed by atoms with Crippen molar-refractivity contribution in [2.75, 3.05) is 0 Å². The Morgan fingerprint density at radius 1 is 1.06 bits per heavy atom. The summed E-state index contributed by atoms with van der Waals surface area (Å²) in [7, 11) is 0. The van der Waals surface area contributed by atoms with Crippen molar-refractivity contribution in [2.45, 2.75) is 26.1 Å². The maximum atomic E-state index is 13.0. The summed E-state index contributed by atoms with van der Waals surface area (Å²) >= 11 is 0. The Morgan fingerprint density at radius 2 is 1.85 bits per heavy atom. The van der Waals surface area contributed by atoms with Crippen molar-refractivity contribution in [3.63, 3.8) is 0 Å².